The smallest absolute Gasteiger partial charge is 0.193 e. The van der Waals surface area contributed by atoms with E-state index in [0.29, 0.717) is 28.9 Å². The summed E-state index contributed by atoms with van der Waals surface area (Å²) in [4.78, 5) is 0. The highest BCUT2D eigenvalue weighted by molar-refractivity contribution is 6.29. The van der Waals surface area contributed by atoms with Gasteiger partial charge in [0.15, 0.2) is 16.7 Å². The van der Waals surface area contributed by atoms with Gasteiger partial charge >= 0.3 is 0 Å². The van der Waals surface area contributed by atoms with Crippen molar-refractivity contribution in [2.45, 2.75) is 11.8 Å². The third-order valence-corrected chi connectivity index (χ3v) is 3.34. The quantitative estimate of drug-likeness (QED) is 0.763. The maximum atomic E-state index is 6.30. The maximum Gasteiger partial charge on any atom is 0.193 e. The molecule has 2 rings (SSSR count). The summed E-state index contributed by atoms with van der Waals surface area (Å²) in [5, 5.41) is 0.0681. The molecule has 0 N–H and O–H groups in total. The Labute approximate surface area is 122 Å². The molecule has 19 heavy (non-hydrogen) atoms. The number of hydrogen-bond acceptors (Lipinski definition) is 3. The lowest BCUT2D eigenvalue weighted by molar-refractivity contribution is 0.354. The van der Waals surface area contributed by atoms with E-state index in [1.54, 1.807) is 26.4 Å². The molecule has 1 heterocycles. The highest BCUT2D eigenvalue weighted by Crippen LogP contribution is 2.32. The van der Waals surface area contributed by atoms with Gasteiger partial charge in [-0.2, -0.15) is 0 Å². The molecule has 0 aliphatic carbocycles. The predicted molar refractivity (Wildman–Crippen MR) is 75.6 cm³/mol. The molecule has 1 aromatic heterocycles. The van der Waals surface area contributed by atoms with Crippen LogP contribution in [0.2, 0.25) is 5.22 Å². The number of ether oxygens (including phenoxy) is 2. The van der Waals surface area contributed by atoms with Crippen LogP contribution in [0.25, 0.3) is 0 Å². The summed E-state index contributed by atoms with van der Waals surface area (Å²) in [5.41, 5.74) is 1.03. The molecule has 3 nitrogen and oxygen atoms in total. The van der Waals surface area contributed by atoms with E-state index in [1.807, 2.05) is 18.2 Å². The van der Waals surface area contributed by atoms with Crippen molar-refractivity contribution in [3.63, 3.8) is 0 Å². The maximum absolute atomic E-state index is 6.30. The monoisotopic (exact) mass is 300 g/mol. The highest BCUT2D eigenvalue weighted by atomic mass is 35.5. The highest BCUT2D eigenvalue weighted by Gasteiger charge is 2.14. The predicted octanol–water partition coefficient (Wildman–Crippen LogP) is 4.47. The van der Waals surface area contributed by atoms with E-state index in [4.69, 9.17) is 37.1 Å². The summed E-state index contributed by atoms with van der Waals surface area (Å²) in [6.07, 6.45) is 0.617. The molecule has 0 aliphatic rings. The largest absolute Gasteiger partial charge is 0.493 e. The summed E-state index contributed by atoms with van der Waals surface area (Å²) in [5.74, 6) is 2.03. The van der Waals surface area contributed by atoms with Gasteiger partial charge in [-0.15, -0.1) is 11.6 Å². The average Bonchev–Trinajstić information content (AvgIpc) is 2.85. The fraction of sp³-hybridized carbons (Fsp3) is 0.286. The van der Waals surface area contributed by atoms with Gasteiger partial charge in [0.05, 0.1) is 19.6 Å². The van der Waals surface area contributed by atoms with Crippen LogP contribution in [0.3, 0.4) is 0 Å². The fourth-order valence-electron chi connectivity index (χ4n) is 1.81. The number of halogens is 2. The minimum atomic E-state index is -0.273. The normalized spacial score (nSPS) is 12.2. The van der Waals surface area contributed by atoms with Crippen LogP contribution in [0.5, 0.6) is 11.5 Å². The zero-order chi connectivity index (χ0) is 13.8. The molecule has 0 amide bonds. The molecule has 0 aliphatic heterocycles. The minimum absolute atomic E-state index is 0.273. The number of benzene rings is 1. The second-order valence-corrected chi connectivity index (χ2v) is 4.90. The number of hydrogen-bond donors (Lipinski definition) is 0. The van der Waals surface area contributed by atoms with Crippen molar-refractivity contribution < 1.29 is 13.9 Å². The zero-order valence-corrected chi connectivity index (χ0v) is 12.2. The van der Waals surface area contributed by atoms with E-state index in [-0.39, 0.29) is 5.38 Å². The van der Waals surface area contributed by atoms with Crippen LogP contribution in [-0.4, -0.2) is 14.2 Å². The summed E-state index contributed by atoms with van der Waals surface area (Å²) in [6, 6.07) is 9.16. The molecule has 0 radical (unpaired) electrons. The minimum Gasteiger partial charge on any atom is -0.493 e. The Hall–Kier alpha value is -1.32. The van der Waals surface area contributed by atoms with Crippen molar-refractivity contribution in [1.82, 2.24) is 0 Å². The van der Waals surface area contributed by atoms with Gasteiger partial charge in [-0.1, -0.05) is 6.07 Å². The van der Waals surface area contributed by atoms with Gasteiger partial charge in [0.2, 0.25) is 0 Å². The van der Waals surface area contributed by atoms with Crippen molar-refractivity contribution >= 4 is 23.2 Å². The number of rotatable bonds is 5. The van der Waals surface area contributed by atoms with Gasteiger partial charge in [-0.3, -0.25) is 0 Å². The lowest BCUT2D eigenvalue weighted by Gasteiger charge is -2.11. The van der Waals surface area contributed by atoms with Crippen molar-refractivity contribution in [2.75, 3.05) is 14.2 Å². The summed E-state index contributed by atoms with van der Waals surface area (Å²) in [6.45, 7) is 0. The lowest BCUT2D eigenvalue weighted by atomic mass is 10.1. The third-order valence-electron chi connectivity index (χ3n) is 2.77. The number of methoxy groups -OCH3 is 2. The van der Waals surface area contributed by atoms with Crippen LogP contribution in [0.15, 0.2) is 34.7 Å². The van der Waals surface area contributed by atoms with Crippen LogP contribution >= 0.6 is 23.2 Å². The average molecular weight is 301 g/mol. The Morgan fingerprint density at radius 2 is 1.84 bits per heavy atom. The van der Waals surface area contributed by atoms with Crippen molar-refractivity contribution in [1.29, 1.82) is 0 Å². The van der Waals surface area contributed by atoms with Gasteiger partial charge in [0.25, 0.3) is 0 Å². The second-order valence-electron chi connectivity index (χ2n) is 4.00. The number of furan rings is 1. The molecule has 1 aromatic carbocycles. The standard InChI is InChI=1S/C14H14Cl2O3/c1-17-12-4-3-9(8-13(12)18-2)7-10(15)11-5-6-14(16)19-11/h3-6,8,10H,7H2,1-2H3. The lowest BCUT2D eigenvalue weighted by Crippen LogP contribution is -1.97. The molecule has 0 bridgehead atoms. The summed E-state index contributed by atoms with van der Waals surface area (Å²) < 4.78 is 15.7. The molecule has 5 heteroatoms. The van der Waals surface area contributed by atoms with Gasteiger partial charge < -0.3 is 13.9 Å². The third kappa shape index (κ3) is 3.37. The molecule has 1 unspecified atom stereocenters. The van der Waals surface area contributed by atoms with E-state index >= 15 is 0 Å². The first-order valence-corrected chi connectivity index (χ1v) is 6.55. The summed E-state index contributed by atoms with van der Waals surface area (Å²) >= 11 is 12.0. The summed E-state index contributed by atoms with van der Waals surface area (Å²) in [7, 11) is 3.21. The SMILES string of the molecule is COc1ccc(CC(Cl)c2ccc(Cl)o2)cc1OC. The van der Waals surface area contributed by atoms with Gasteiger partial charge in [0, 0.05) is 0 Å². The first-order chi connectivity index (χ1) is 9.13. The molecular formula is C14H14Cl2O3. The molecular weight excluding hydrogens is 287 g/mol. The van der Waals surface area contributed by atoms with Crippen molar-refractivity contribution in [2.24, 2.45) is 0 Å². The van der Waals surface area contributed by atoms with Gasteiger partial charge in [-0.25, -0.2) is 0 Å². The zero-order valence-electron chi connectivity index (χ0n) is 10.7. The van der Waals surface area contributed by atoms with Crippen molar-refractivity contribution in [3.8, 4) is 11.5 Å². The van der Waals surface area contributed by atoms with Crippen molar-refractivity contribution in [3.05, 3.63) is 46.9 Å². The molecule has 0 fully saturated rings. The van der Waals surface area contributed by atoms with E-state index in [9.17, 15) is 0 Å². The molecule has 2 aromatic rings. The molecule has 0 saturated heterocycles. The van der Waals surface area contributed by atoms with Gasteiger partial charge in [0.1, 0.15) is 5.76 Å². The molecule has 102 valence electrons. The first kappa shape index (κ1) is 14.1. The van der Waals surface area contributed by atoms with Crippen LogP contribution in [-0.2, 0) is 6.42 Å². The molecule has 1 atom stereocenters. The van der Waals surface area contributed by atoms with Crippen LogP contribution in [0.1, 0.15) is 16.7 Å². The van der Waals surface area contributed by atoms with Crippen LogP contribution < -0.4 is 9.47 Å². The van der Waals surface area contributed by atoms with Gasteiger partial charge in [-0.05, 0) is 47.9 Å². The van der Waals surface area contributed by atoms with E-state index in [2.05, 4.69) is 0 Å². The molecule has 0 saturated carbocycles. The first-order valence-electron chi connectivity index (χ1n) is 5.74. The van der Waals surface area contributed by atoms with Crippen LogP contribution in [0.4, 0.5) is 0 Å². The fourth-order valence-corrected chi connectivity index (χ4v) is 2.26. The Balaban J connectivity index is 2.14. The molecule has 0 spiro atoms. The van der Waals surface area contributed by atoms with E-state index < -0.39 is 0 Å². The Morgan fingerprint density at radius 3 is 2.42 bits per heavy atom. The van der Waals surface area contributed by atoms with E-state index in [1.165, 1.54) is 0 Å². The number of alkyl halides is 1. The Kier molecular flexibility index (Phi) is 4.61. The second kappa shape index (κ2) is 6.22. The van der Waals surface area contributed by atoms with E-state index in [0.717, 1.165) is 5.56 Å². The topological polar surface area (TPSA) is 31.6 Å². The Bertz CT molecular complexity index is 551. The Morgan fingerprint density at radius 1 is 1.11 bits per heavy atom. The van der Waals surface area contributed by atoms with Crippen LogP contribution in [0, 0.1) is 0 Å².